The molecule has 21 heavy (non-hydrogen) atoms. The van der Waals surface area contributed by atoms with Gasteiger partial charge in [0.15, 0.2) is 0 Å². The van der Waals surface area contributed by atoms with Crippen molar-refractivity contribution in [2.45, 2.75) is 6.18 Å². The first-order chi connectivity index (χ1) is 9.88. The summed E-state index contributed by atoms with van der Waals surface area (Å²) in [5.74, 6) is 4.84. The molecule has 106 valence electrons. The maximum atomic E-state index is 12.4. The van der Waals surface area contributed by atoms with Gasteiger partial charge in [-0.05, 0) is 36.4 Å². The molecule has 2 nitrogen and oxygen atoms in total. The largest absolute Gasteiger partial charge is 0.416 e. The van der Waals surface area contributed by atoms with Crippen molar-refractivity contribution in [3.05, 3.63) is 70.8 Å². The minimum absolute atomic E-state index is 0.275. The SMILES string of the molecule is NC(=O)c1ccccc1C#Cc1ccc(C(F)(F)F)cc1. The van der Waals surface area contributed by atoms with Crippen LogP contribution in [0, 0.1) is 11.8 Å². The zero-order valence-electron chi connectivity index (χ0n) is 10.7. The average molecular weight is 289 g/mol. The van der Waals surface area contributed by atoms with E-state index in [2.05, 4.69) is 11.8 Å². The van der Waals surface area contributed by atoms with Crippen molar-refractivity contribution < 1.29 is 18.0 Å². The summed E-state index contributed by atoms with van der Waals surface area (Å²) < 4.78 is 37.3. The second-order valence-corrected chi connectivity index (χ2v) is 4.23. The Morgan fingerprint density at radius 1 is 0.952 bits per heavy atom. The molecule has 0 atom stereocenters. The van der Waals surface area contributed by atoms with Crippen LogP contribution in [0.25, 0.3) is 0 Å². The Balaban J connectivity index is 2.30. The van der Waals surface area contributed by atoms with Gasteiger partial charge in [0.25, 0.3) is 0 Å². The first-order valence-corrected chi connectivity index (χ1v) is 5.96. The molecule has 0 bridgehead atoms. The summed E-state index contributed by atoms with van der Waals surface area (Å²) >= 11 is 0. The van der Waals surface area contributed by atoms with Gasteiger partial charge in [-0.1, -0.05) is 24.0 Å². The van der Waals surface area contributed by atoms with Crippen LogP contribution >= 0.6 is 0 Å². The number of amides is 1. The van der Waals surface area contributed by atoms with Gasteiger partial charge in [0.1, 0.15) is 0 Å². The Bertz CT molecular complexity index is 722. The molecule has 0 aliphatic rings. The topological polar surface area (TPSA) is 43.1 Å². The molecular weight excluding hydrogens is 279 g/mol. The normalized spacial score (nSPS) is 10.6. The van der Waals surface area contributed by atoms with Crippen LogP contribution in [0.4, 0.5) is 13.2 Å². The summed E-state index contributed by atoms with van der Waals surface area (Å²) in [5.41, 5.74) is 5.62. The molecular formula is C16H10F3NO. The first-order valence-electron chi connectivity index (χ1n) is 5.96. The number of hydrogen-bond acceptors (Lipinski definition) is 1. The predicted molar refractivity (Wildman–Crippen MR) is 72.4 cm³/mol. The van der Waals surface area contributed by atoms with Crippen molar-refractivity contribution in [2.24, 2.45) is 5.73 Å². The molecule has 0 aliphatic heterocycles. The summed E-state index contributed by atoms with van der Waals surface area (Å²) in [6.45, 7) is 0. The van der Waals surface area contributed by atoms with Gasteiger partial charge in [-0.15, -0.1) is 0 Å². The Kier molecular flexibility index (Phi) is 3.99. The van der Waals surface area contributed by atoms with Crippen molar-refractivity contribution in [3.8, 4) is 11.8 Å². The predicted octanol–water partition coefficient (Wildman–Crippen LogP) is 3.20. The van der Waals surface area contributed by atoms with E-state index in [4.69, 9.17) is 5.73 Å². The lowest BCUT2D eigenvalue weighted by molar-refractivity contribution is -0.137. The number of carbonyl (C=O) groups excluding carboxylic acids is 1. The van der Waals surface area contributed by atoms with Crippen LogP contribution < -0.4 is 5.73 Å². The fourth-order valence-corrected chi connectivity index (χ4v) is 1.69. The van der Waals surface area contributed by atoms with Gasteiger partial charge >= 0.3 is 6.18 Å². The summed E-state index contributed by atoms with van der Waals surface area (Å²) in [6, 6.07) is 11.0. The number of primary amides is 1. The van der Waals surface area contributed by atoms with Gasteiger partial charge in [0.05, 0.1) is 11.1 Å². The highest BCUT2D eigenvalue weighted by Gasteiger charge is 2.29. The van der Waals surface area contributed by atoms with Crippen molar-refractivity contribution in [1.29, 1.82) is 0 Å². The minimum atomic E-state index is -4.37. The number of halogens is 3. The van der Waals surface area contributed by atoms with Gasteiger partial charge in [0.2, 0.25) is 5.91 Å². The van der Waals surface area contributed by atoms with Crippen LogP contribution in [-0.4, -0.2) is 5.91 Å². The second-order valence-electron chi connectivity index (χ2n) is 4.23. The lowest BCUT2D eigenvalue weighted by atomic mass is 10.1. The zero-order chi connectivity index (χ0) is 15.5. The lowest BCUT2D eigenvalue weighted by Crippen LogP contribution is -2.12. The smallest absolute Gasteiger partial charge is 0.366 e. The molecule has 0 heterocycles. The summed E-state index contributed by atoms with van der Waals surface area (Å²) in [5, 5.41) is 0. The van der Waals surface area contributed by atoms with Crippen molar-refractivity contribution in [2.75, 3.05) is 0 Å². The van der Waals surface area contributed by atoms with E-state index in [0.29, 0.717) is 11.1 Å². The molecule has 2 aromatic rings. The van der Waals surface area contributed by atoms with Crippen LogP contribution in [0.1, 0.15) is 27.0 Å². The Morgan fingerprint density at radius 2 is 1.57 bits per heavy atom. The maximum absolute atomic E-state index is 12.4. The number of rotatable bonds is 1. The molecule has 1 amide bonds. The molecule has 2 N–H and O–H groups in total. The highest BCUT2D eigenvalue weighted by Crippen LogP contribution is 2.28. The second kappa shape index (κ2) is 5.71. The molecule has 0 spiro atoms. The van der Waals surface area contributed by atoms with E-state index in [-0.39, 0.29) is 5.56 Å². The van der Waals surface area contributed by atoms with Crippen LogP contribution in [0.15, 0.2) is 48.5 Å². The zero-order valence-corrected chi connectivity index (χ0v) is 10.7. The Labute approximate surface area is 119 Å². The quantitative estimate of drug-likeness (QED) is 0.805. The number of hydrogen-bond donors (Lipinski definition) is 1. The molecule has 0 saturated carbocycles. The summed E-state index contributed by atoms with van der Waals surface area (Å²) in [4.78, 5) is 11.2. The third-order valence-corrected chi connectivity index (χ3v) is 2.75. The van der Waals surface area contributed by atoms with Crippen LogP contribution in [0.3, 0.4) is 0 Å². The third-order valence-electron chi connectivity index (χ3n) is 2.75. The van der Waals surface area contributed by atoms with E-state index >= 15 is 0 Å². The number of benzene rings is 2. The molecule has 0 aromatic heterocycles. The summed E-state index contributed by atoms with van der Waals surface area (Å²) in [7, 11) is 0. The number of carbonyl (C=O) groups is 1. The molecule has 0 radical (unpaired) electrons. The number of alkyl halides is 3. The van der Waals surface area contributed by atoms with Gasteiger partial charge in [0, 0.05) is 11.1 Å². The monoisotopic (exact) mass is 289 g/mol. The van der Waals surface area contributed by atoms with Crippen LogP contribution in [-0.2, 0) is 6.18 Å². The highest BCUT2D eigenvalue weighted by atomic mass is 19.4. The van der Waals surface area contributed by atoms with E-state index in [0.717, 1.165) is 12.1 Å². The molecule has 0 fully saturated rings. The minimum Gasteiger partial charge on any atom is -0.366 e. The van der Waals surface area contributed by atoms with E-state index in [1.54, 1.807) is 24.3 Å². The molecule has 2 rings (SSSR count). The lowest BCUT2D eigenvalue weighted by Gasteiger charge is -2.05. The Hall–Kier alpha value is -2.74. The molecule has 0 saturated heterocycles. The molecule has 2 aromatic carbocycles. The van der Waals surface area contributed by atoms with E-state index < -0.39 is 17.6 Å². The van der Waals surface area contributed by atoms with Gasteiger partial charge in [-0.3, -0.25) is 4.79 Å². The fourth-order valence-electron chi connectivity index (χ4n) is 1.69. The van der Waals surface area contributed by atoms with Crippen LogP contribution in [0.2, 0.25) is 0 Å². The van der Waals surface area contributed by atoms with Gasteiger partial charge < -0.3 is 5.73 Å². The fraction of sp³-hybridized carbons (Fsp3) is 0.0625. The van der Waals surface area contributed by atoms with E-state index in [1.165, 1.54) is 12.1 Å². The first kappa shape index (κ1) is 14.7. The summed E-state index contributed by atoms with van der Waals surface area (Å²) in [6.07, 6.45) is -4.37. The van der Waals surface area contributed by atoms with Crippen molar-refractivity contribution in [1.82, 2.24) is 0 Å². The van der Waals surface area contributed by atoms with Gasteiger partial charge in [-0.2, -0.15) is 13.2 Å². The molecule has 5 heteroatoms. The average Bonchev–Trinajstić information content (AvgIpc) is 2.45. The standard InChI is InChI=1S/C16H10F3NO/c17-16(18,19)13-9-6-11(7-10-13)5-8-12-3-1-2-4-14(12)15(20)21/h1-4,6-7,9-10H,(H2,20,21). The van der Waals surface area contributed by atoms with Crippen molar-refractivity contribution in [3.63, 3.8) is 0 Å². The van der Waals surface area contributed by atoms with E-state index in [9.17, 15) is 18.0 Å². The van der Waals surface area contributed by atoms with E-state index in [1.807, 2.05) is 0 Å². The van der Waals surface area contributed by atoms with Gasteiger partial charge in [-0.25, -0.2) is 0 Å². The van der Waals surface area contributed by atoms with Crippen LogP contribution in [0.5, 0.6) is 0 Å². The van der Waals surface area contributed by atoms with Crippen molar-refractivity contribution >= 4 is 5.91 Å². The molecule has 0 aliphatic carbocycles. The maximum Gasteiger partial charge on any atom is 0.416 e. The third kappa shape index (κ3) is 3.63. The highest BCUT2D eigenvalue weighted by molar-refractivity contribution is 5.95. The molecule has 0 unspecified atom stereocenters. The number of nitrogens with two attached hydrogens (primary N) is 1. The Morgan fingerprint density at radius 3 is 2.14 bits per heavy atom.